The average Bonchev–Trinajstić information content (AvgIpc) is 3.35. The molecular weight excluding hydrogens is 380 g/mol. The van der Waals surface area contributed by atoms with E-state index in [0.29, 0.717) is 0 Å². The van der Waals surface area contributed by atoms with E-state index in [9.17, 15) is 0 Å². The third kappa shape index (κ3) is 4.43. The molecule has 1 aromatic carbocycles. The molecule has 31 heavy (non-hydrogen) atoms. The van der Waals surface area contributed by atoms with Gasteiger partial charge in [0.2, 0.25) is 0 Å². The van der Waals surface area contributed by atoms with Gasteiger partial charge in [0.05, 0.1) is 23.0 Å². The summed E-state index contributed by atoms with van der Waals surface area (Å²) >= 11 is 0. The second kappa shape index (κ2) is 9.00. The Morgan fingerprint density at radius 2 is 2.03 bits per heavy atom. The molecule has 0 fully saturated rings. The van der Waals surface area contributed by atoms with Gasteiger partial charge < -0.3 is 5.32 Å². The molecule has 1 aliphatic rings. The monoisotopic (exact) mass is 410 g/mol. The first-order chi connectivity index (χ1) is 14.8. The molecule has 0 aliphatic carbocycles. The van der Waals surface area contributed by atoms with Crippen LogP contribution in [0.3, 0.4) is 0 Å². The number of rotatable bonds is 8. The number of allylic oxidation sites excluding steroid dienone is 8. The predicted octanol–water partition coefficient (Wildman–Crippen LogP) is 6.28. The van der Waals surface area contributed by atoms with Crippen molar-refractivity contribution in [2.24, 2.45) is 12.0 Å². The average molecular weight is 411 g/mol. The summed E-state index contributed by atoms with van der Waals surface area (Å²) < 4.78 is 1.80. The number of hydrogen-bond acceptors (Lipinski definition) is 3. The molecule has 1 N–H and O–H groups in total. The lowest BCUT2D eigenvalue weighted by Crippen LogP contribution is -2.31. The number of hydrogen-bond donors (Lipinski definition) is 1. The van der Waals surface area contributed by atoms with Gasteiger partial charge in [-0.05, 0) is 61.3 Å². The van der Waals surface area contributed by atoms with Gasteiger partial charge in [0.1, 0.15) is 0 Å². The summed E-state index contributed by atoms with van der Waals surface area (Å²) in [4.78, 5) is 4.61. The van der Waals surface area contributed by atoms with Gasteiger partial charge in [0.25, 0.3) is 0 Å². The van der Waals surface area contributed by atoms with Crippen molar-refractivity contribution in [1.82, 2.24) is 9.78 Å². The molecule has 0 saturated heterocycles. The quantitative estimate of drug-likeness (QED) is 0.520. The maximum Gasteiger partial charge on any atom is 0.0774 e. The summed E-state index contributed by atoms with van der Waals surface area (Å²) in [6.07, 6.45) is 15.6. The van der Waals surface area contributed by atoms with E-state index >= 15 is 0 Å². The van der Waals surface area contributed by atoms with Crippen LogP contribution in [0, 0.1) is 6.92 Å². The van der Waals surface area contributed by atoms with E-state index in [2.05, 4.69) is 67.2 Å². The number of nitrogens with zero attached hydrogens (tertiary/aromatic N) is 3. The first kappa shape index (κ1) is 22.0. The highest BCUT2D eigenvalue weighted by atomic mass is 15.2. The van der Waals surface area contributed by atoms with Crippen molar-refractivity contribution in [3.63, 3.8) is 0 Å². The first-order valence-electron chi connectivity index (χ1n) is 10.3. The second-order valence-electron chi connectivity index (χ2n) is 7.87. The molecule has 4 nitrogen and oxygen atoms in total. The highest BCUT2D eigenvalue weighted by Crippen LogP contribution is 2.34. The second-order valence-corrected chi connectivity index (χ2v) is 7.87. The van der Waals surface area contributed by atoms with Crippen LogP contribution in [-0.2, 0) is 12.5 Å². The Hall–Kier alpha value is -3.66. The van der Waals surface area contributed by atoms with Gasteiger partial charge in [-0.2, -0.15) is 5.10 Å². The van der Waals surface area contributed by atoms with E-state index in [1.54, 1.807) is 10.8 Å². The van der Waals surface area contributed by atoms with E-state index in [0.717, 1.165) is 44.9 Å². The zero-order chi connectivity index (χ0) is 22.6. The Kier molecular flexibility index (Phi) is 6.40. The number of benzene rings is 1. The van der Waals surface area contributed by atoms with Crippen LogP contribution in [0.4, 0.5) is 5.69 Å². The summed E-state index contributed by atoms with van der Waals surface area (Å²) in [5.74, 6) is 0. The largest absolute Gasteiger partial charge is 0.354 e. The Morgan fingerprint density at radius 1 is 1.26 bits per heavy atom. The van der Waals surface area contributed by atoms with Crippen LogP contribution in [0.1, 0.15) is 30.5 Å². The Morgan fingerprint density at radius 3 is 2.68 bits per heavy atom. The van der Waals surface area contributed by atoms with Crippen molar-refractivity contribution in [3.8, 4) is 0 Å². The number of aryl methyl sites for hydroxylation is 2. The fourth-order valence-corrected chi connectivity index (χ4v) is 3.76. The topological polar surface area (TPSA) is 42.2 Å². The Balaban J connectivity index is 1.87. The van der Waals surface area contributed by atoms with E-state index < -0.39 is 0 Å². The summed E-state index contributed by atoms with van der Waals surface area (Å²) in [7, 11) is 1.92. The van der Waals surface area contributed by atoms with Gasteiger partial charge in [-0.25, -0.2) is 0 Å². The molecule has 2 aromatic rings. The number of aromatic nitrogens is 2. The molecule has 2 heterocycles. The number of aliphatic imine (C=N–C) groups is 1. The lowest BCUT2D eigenvalue weighted by atomic mass is 9.79. The molecule has 1 atom stereocenters. The summed E-state index contributed by atoms with van der Waals surface area (Å²) in [5, 5.41) is 7.77. The smallest absolute Gasteiger partial charge is 0.0774 e. The molecule has 0 bridgehead atoms. The predicted molar refractivity (Wildman–Crippen MR) is 133 cm³/mol. The standard InChI is InChI=1S/C27H30N4/c1-8-10-22(11-9-2)20(4)25-16-24(13-12-19(25)3)30-21(5)26-27(6,14-15-28-26)23-17-29-31(7)18-23/h8-18,30H,1,4-5H2,2-3,6-7H3/b11-9-,22-10+. The van der Waals surface area contributed by atoms with E-state index in [-0.39, 0.29) is 5.41 Å². The molecule has 158 valence electrons. The summed E-state index contributed by atoms with van der Waals surface area (Å²) in [6.45, 7) is 18.6. The van der Waals surface area contributed by atoms with Crippen LogP contribution in [0.2, 0.25) is 0 Å². The van der Waals surface area contributed by atoms with Crippen LogP contribution < -0.4 is 5.32 Å². The molecular formula is C27H30N4. The van der Waals surface area contributed by atoms with Crippen molar-refractivity contribution in [2.45, 2.75) is 26.2 Å². The van der Waals surface area contributed by atoms with E-state index in [1.807, 2.05) is 56.9 Å². The van der Waals surface area contributed by atoms with Gasteiger partial charge in [0.15, 0.2) is 0 Å². The van der Waals surface area contributed by atoms with Crippen molar-refractivity contribution in [2.75, 3.05) is 5.32 Å². The minimum Gasteiger partial charge on any atom is -0.354 e. The van der Waals surface area contributed by atoms with Crippen LogP contribution in [0.25, 0.3) is 5.57 Å². The zero-order valence-electron chi connectivity index (χ0n) is 18.8. The zero-order valence-corrected chi connectivity index (χ0v) is 18.8. The Bertz CT molecular complexity index is 1150. The highest BCUT2D eigenvalue weighted by molar-refractivity contribution is 6.11. The Labute approximate surface area is 185 Å². The molecule has 1 aromatic heterocycles. The highest BCUT2D eigenvalue weighted by Gasteiger charge is 2.35. The molecule has 1 unspecified atom stereocenters. The molecule has 0 amide bonds. The fraction of sp³-hybridized carbons (Fsp3) is 0.185. The van der Waals surface area contributed by atoms with E-state index in [4.69, 9.17) is 0 Å². The van der Waals surface area contributed by atoms with Gasteiger partial charge >= 0.3 is 0 Å². The number of anilines is 1. The maximum atomic E-state index is 4.61. The maximum absolute atomic E-state index is 4.61. The van der Waals surface area contributed by atoms with Gasteiger partial charge in [-0.1, -0.05) is 50.1 Å². The van der Waals surface area contributed by atoms with Crippen LogP contribution in [0.5, 0.6) is 0 Å². The summed E-state index contributed by atoms with van der Waals surface area (Å²) in [6, 6.07) is 6.24. The molecule has 1 aliphatic heterocycles. The lowest BCUT2D eigenvalue weighted by Gasteiger charge is -2.25. The van der Waals surface area contributed by atoms with Gasteiger partial charge in [0, 0.05) is 30.7 Å². The van der Waals surface area contributed by atoms with Gasteiger partial charge in [-0.15, -0.1) is 0 Å². The summed E-state index contributed by atoms with van der Waals surface area (Å²) in [5.41, 5.74) is 7.49. The molecule has 0 saturated carbocycles. The van der Waals surface area contributed by atoms with Crippen molar-refractivity contribution < 1.29 is 0 Å². The van der Waals surface area contributed by atoms with E-state index in [1.165, 1.54) is 0 Å². The molecule has 0 radical (unpaired) electrons. The molecule has 0 spiro atoms. The van der Waals surface area contributed by atoms with Crippen LogP contribution in [-0.4, -0.2) is 15.5 Å². The van der Waals surface area contributed by atoms with Crippen LogP contribution >= 0.6 is 0 Å². The SMILES string of the molecule is C=C/C=C(\C=C/C)C(=C)c1cc(NC(=C)C2=NC=CC2(C)c2cnn(C)c2)ccc1C. The van der Waals surface area contributed by atoms with Crippen molar-refractivity contribution in [3.05, 3.63) is 115 Å². The number of nitrogens with one attached hydrogen (secondary N) is 1. The fourth-order valence-electron chi connectivity index (χ4n) is 3.76. The minimum absolute atomic E-state index is 0.374. The normalized spacial score (nSPS) is 18.3. The van der Waals surface area contributed by atoms with Crippen LogP contribution in [0.15, 0.2) is 103 Å². The van der Waals surface area contributed by atoms with Crippen molar-refractivity contribution >= 4 is 17.0 Å². The lowest BCUT2D eigenvalue weighted by molar-refractivity contribution is 0.762. The molecule has 4 heteroatoms. The third-order valence-corrected chi connectivity index (χ3v) is 5.54. The first-order valence-corrected chi connectivity index (χ1v) is 10.3. The molecule has 3 rings (SSSR count). The van der Waals surface area contributed by atoms with Crippen molar-refractivity contribution in [1.29, 1.82) is 0 Å². The van der Waals surface area contributed by atoms with Gasteiger partial charge in [-0.3, -0.25) is 9.67 Å². The third-order valence-electron chi connectivity index (χ3n) is 5.54. The minimum atomic E-state index is -0.374.